The normalized spacial score (nSPS) is 14.7. The third-order valence-electron chi connectivity index (χ3n) is 3.59. The average Bonchev–Trinajstić information content (AvgIpc) is 2.63. The number of carbonyl (C=O) groups is 4. The zero-order valence-electron chi connectivity index (χ0n) is 14.2. The molecule has 1 fully saturated rings. The van der Waals surface area contributed by atoms with Crippen molar-refractivity contribution in [3.05, 3.63) is 41.6 Å². The molecule has 2 rings (SSSR count). The van der Waals surface area contributed by atoms with Crippen LogP contribution in [0.2, 0.25) is 0 Å². The van der Waals surface area contributed by atoms with E-state index in [0.29, 0.717) is 17.9 Å². The highest BCUT2D eigenvalue weighted by Crippen LogP contribution is 2.16. The van der Waals surface area contributed by atoms with E-state index in [2.05, 4.69) is 5.32 Å². The van der Waals surface area contributed by atoms with E-state index in [4.69, 9.17) is 4.74 Å². The third kappa shape index (κ3) is 3.85. The van der Waals surface area contributed by atoms with Crippen molar-refractivity contribution in [1.82, 2.24) is 9.80 Å². The smallest absolute Gasteiger partial charge is 0.338 e. The van der Waals surface area contributed by atoms with Crippen LogP contribution in [-0.2, 0) is 14.3 Å². The molecule has 1 heterocycles. The van der Waals surface area contributed by atoms with Crippen LogP contribution in [0.4, 0.5) is 10.5 Å². The molecule has 0 saturated carbocycles. The van der Waals surface area contributed by atoms with E-state index in [9.17, 15) is 19.2 Å². The van der Waals surface area contributed by atoms with Crippen molar-refractivity contribution in [1.29, 1.82) is 0 Å². The maximum Gasteiger partial charge on any atom is 0.338 e. The first kappa shape index (κ1) is 18.2. The number of rotatable bonds is 5. The van der Waals surface area contributed by atoms with Crippen LogP contribution in [0.3, 0.4) is 0 Å². The Balaban J connectivity index is 2.10. The molecule has 132 valence electrons. The van der Waals surface area contributed by atoms with Crippen LogP contribution in [0.25, 0.3) is 0 Å². The lowest BCUT2D eigenvalue weighted by atomic mass is 10.1. The van der Waals surface area contributed by atoms with Crippen molar-refractivity contribution in [2.24, 2.45) is 0 Å². The number of urea groups is 1. The summed E-state index contributed by atoms with van der Waals surface area (Å²) in [5, 5.41) is 2.82. The summed E-state index contributed by atoms with van der Waals surface area (Å²) in [6.07, 6.45) is 1.99. The Hall–Kier alpha value is -3.16. The fraction of sp³-hybridized carbons (Fsp3) is 0.294. The van der Waals surface area contributed by atoms with Crippen LogP contribution in [0, 0.1) is 0 Å². The lowest BCUT2D eigenvalue weighted by molar-refractivity contribution is -0.134. The Labute approximate surface area is 145 Å². The first-order valence-corrected chi connectivity index (χ1v) is 7.70. The Morgan fingerprint density at radius 3 is 2.16 bits per heavy atom. The van der Waals surface area contributed by atoms with Gasteiger partial charge in [0.05, 0.1) is 12.2 Å². The van der Waals surface area contributed by atoms with Gasteiger partial charge in [0.2, 0.25) is 0 Å². The van der Waals surface area contributed by atoms with E-state index in [1.54, 1.807) is 24.3 Å². The molecular weight excluding hydrogens is 326 g/mol. The minimum absolute atomic E-state index is 0.156. The summed E-state index contributed by atoms with van der Waals surface area (Å²) in [6, 6.07) is 5.71. The number of nitrogens with zero attached hydrogens (tertiary/aromatic N) is 2. The summed E-state index contributed by atoms with van der Waals surface area (Å²) < 4.78 is 5.03. The second-order valence-corrected chi connectivity index (χ2v) is 5.43. The fourth-order valence-electron chi connectivity index (χ4n) is 2.11. The SMILES string of the molecule is CCCOC(=O)c1ccc(NC=C2C(=O)N(C)C(=O)N(C)C2=O)cc1. The highest BCUT2D eigenvalue weighted by atomic mass is 16.5. The largest absolute Gasteiger partial charge is 0.462 e. The van der Waals surface area contributed by atoms with Gasteiger partial charge in [0.1, 0.15) is 5.57 Å². The molecule has 0 unspecified atom stereocenters. The number of imide groups is 2. The van der Waals surface area contributed by atoms with Crippen LogP contribution in [-0.4, -0.2) is 54.3 Å². The van der Waals surface area contributed by atoms with Gasteiger partial charge in [-0.15, -0.1) is 0 Å². The fourth-order valence-corrected chi connectivity index (χ4v) is 2.11. The van der Waals surface area contributed by atoms with Gasteiger partial charge in [0.25, 0.3) is 11.8 Å². The molecule has 25 heavy (non-hydrogen) atoms. The summed E-state index contributed by atoms with van der Waals surface area (Å²) in [6.45, 7) is 2.26. The second-order valence-electron chi connectivity index (χ2n) is 5.43. The Kier molecular flexibility index (Phi) is 5.53. The number of ether oxygens (including phenoxy) is 1. The number of hydrogen-bond acceptors (Lipinski definition) is 6. The van der Waals surface area contributed by atoms with Crippen LogP contribution in [0.5, 0.6) is 0 Å². The molecule has 1 saturated heterocycles. The van der Waals surface area contributed by atoms with Crippen LogP contribution in [0.1, 0.15) is 23.7 Å². The van der Waals surface area contributed by atoms with Gasteiger partial charge in [-0.1, -0.05) is 6.92 Å². The van der Waals surface area contributed by atoms with Crippen molar-refractivity contribution in [2.45, 2.75) is 13.3 Å². The Bertz CT molecular complexity index is 713. The van der Waals surface area contributed by atoms with Crippen molar-refractivity contribution >= 4 is 29.5 Å². The van der Waals surface area contributed by atoms with Crippen LogP contribution < -0.4 is 5.32 Å². The highest BCUT2D eigenvalue weighted by Gasteiger charge is 2.37. The molecule has 1 N–H and O–H groups in total. The second kappa shape index (κ2) is 7.61. The van der Waals surface area contributed by atoms with E-state index in [1.165, 1.54) is 20.3 Å². The summed E-state index contributed by atoms with van der Waals surface area (Å²) in [4.78, 5) is 49.2. The van der Waals surface area contributed by atoms with Crippen LogP contribution >= 0.6 is 0 Å². The summed E-state index contributed by atoms with van der Waals surface area (Å²) in [5.74, 6) is -1.77. The standard InChI is InChI=1S/C17H19N3O5/c1-4-9-25-16(23)11-5-7-12(8-6-11)18-10-13-14(21)19(2)17(24)20(3)15(13)22/h5-8,10,18H,4,9H2,1-3H3. The highest BCUT2D eigenvalue weighted by molar-refractivity contribution is 6.28. The molecule has 1 aromatic carbocycles. The topological polar surface area (TPSA) is 96.0 Å². The van der Waals surface area contributed by atoms with Crippen molar-refractivity contribution in [2.75, 3.05) is 26.0 Å². The molecule has 0 spiro atoms. The number of benzene rings is 1. The van der Waals surface area contributed by atoms with Gasteiger partial charge < -0.3 is 10.1 Å². The molecule has 0 radical (unpaired) electrons. The van der Waals surface area contributed by atoms with Gasteiger partial charge in [-0.3, -0.25) is 19.4 Å². The lowest BCUT2D eigenvalue weighted by Crippen LogP contribution is -2.53. The number of anilines is 1. The molecule has 1 aliphatic heterocycles. The summed E-state index contributed by atoms with van der Waals surface area (Å²) >= 11 is 0. The van der Waals surface area contributed by atoms with E-state index in [0.717, 1.165) is 16.2 Å². The summed E-state index contributed by atoms with van der Waals surface area (Å²) in [5.41, 5.74) is 0.819. The Morgan fingerprint density at radius 2 is 1.64 bits per heavy atom. The van der Waals surface area contributed by atoms with Gasteiger partial charge in [0, 0.05) is 26.0 Å². The maximum atomic E-state index is 12.0. The van der Waals surface area contributed by atoms with Crippen LogP contribution in [0.15, 0.2) is 36.0 Å². The molecule has 0 bridgehead atoms. The van der Waals surface area contributed by atoms with Gasteiger partial charge in [0.15, 0.2) is 0 Å². The number of amides is 4. The van der Waals surface area contributed by atoms with Gasteiger partial charge in [-0.05, 0) is 30.7 Å². The van der Waals surface area contributed by atoms with Gasteiger partial charge in [-0.25, -0.2) is 9.59 Å². The third-order valence-corrected chi connectivity index (χ3v) is 3.59. The molecule has 0 aromatic heterocycles. The molecule has 0 atom stereocenters. The first-order chi connectivity index (χ1) is 11.9. The number of carbonyl (C=O) groups excluding carboxylic acids is 4. The van der Waals surface area contributed by atoms with Crippen molar-refractivity contribution in [3.63, 3.8) is 0 Å². The molecule has 1 aromatic rings. The zero-order chi connectivity index (χ0) is 18.6. The Morgan fingerprint density at radius 1 is 1.08 bits per heavy atom. The maximum absolute atomic E-state index is 12.0. The number of likely N-dealkylation sites (N-methyl/N-ethyl adjacent to an activating group) is 2. The first-order valence-electron chi connectivity index (χ1n) is 7.70. The predicted molar refractivity (Wildman–Crippen MR) is 89.7 cm³/mol. The molecule has 8 heteroatoms. The van der Waals surface area contributed by atoms with E-state index < -0.39 is 23.8 Å². The lowest BCUT2D eigenvalue weighted by Gasteiger charge is -2.28. The monoisotopic (exact) mass is 345 g/mol. The van der Waals surface area contributed by atoms with E-state index in [1.807, 2.05) is 6.92 Å². The van der Waals surface area contributed by atoms with Gasteiger partial charge in [-0.2, -0.15) is 0 Å². The van der Waals surface area contributed by atoms with Crippen molar-refractivity contribution in [3.8, 4) is 0 Å². The number of nitrogens with one attached hydrogen (secondary N) is 1. The molecule has 8 nitrogen and oxygen atoms in total. The molecular formula is C17H19N3O5. The molecule has 4 amide bonds. The zero-order valence-corrected chi connectivity index (χ0v) is 14.2. The van der Waals surface area contributed by atoms with Gasteiger partial charge >= 0.3 is 12.0 Å². The summed E-state index contributed by atoms with van der Waals surface area (Å²) in [7, 11) is 2.61. The number of hydrogen-bond donors (Lipinski definition) is 1. The van der Waals surface area contributed by atoms with E-state index in [-0.39, 0.29) is 5.57 Å². The quantitative estimate of drug-likeness (QED) is 0.495. The molecule has 0 aliphatic carbocycles. The van der Waals surface area contributed by atoms with Crippen molar-refractivity contribution < 1.29 is 23.9 Å². The predicted octanol–water partition coefficient (Wildman–Crippen LogP) is 1.60. The molecule has 1 aliphatic rings. The minimum Gasteiger partial charge on any atom is -0.462 e. The minimum atomic E-state index is -0.680. The number of esters is 1. The number of barbiturate groups is 1. The van der Waals surface area contributed by atoms with E-state index >= 15 is 0 Å². The average molecular weight is 345 g/mol.